The number of aryl methyl sites for hydroxylation is 1. The molecule has 1 aliphatic heterocycles. The lowest BCUT2D eigenvalue weighted by molar-refractivity contribution is 0.162. The Bertz CT molecular complexity index is 928. The summed E-state index contributed by atoms with van der Waals surface area (Å²) in [6.45, 7) is 3.55. The van der Waals surface area contributed by atoms with E-state index in [4.69, 9.17) is 4.74 Å². The van der Waals surface area contributed by atoms with E-state index in [-0.39, 0.29) is 0 Å². The van der Waals surface area contributed by atoms with Crippen LogP contribution in [0.2, 0.25) is 0 Å². The molecule has 1 unspecified atom stereocenters. The molecule has 1 atom stereocenters. The lowest BCUT2D eigenvalue weighted by Gasteiger charge is -2.36. The van der Waals surface area contributed by atoms with Gasteiger partial charge in [0.15, 0.2) is 0 Å². The van der Waals surface area contributed by atoms with Gasteiger partial charge in [0.2, 0.25) is 10.0 Å². The maximum Gasteiger partial charge on any atom is 0.243 e. The summed E-state index contributed by atoms with van der Waals surface area (Å²) in [6, 6.07) is 16.4. The molecule has 0 amide bonds. The van der Waals surface area contributed by atoms with Crippen molar-refractivity contribution in [3.05, 3.63) is 59.7 Å². The van der Waals surface area contributed by atoms with Gasteiger partial charge in [0.1, 0.15) is 11.8 Å². The van der Waals surface area contributed by atoms with Crippen molar-refractivity contribution in [1.82, 2.24) is 9.21 Å². The van der Waals surface area contributed by atoms with E-state index in [1.807, 2.05) is 35.2 Å². The maximum absolute atomic E-state index is 12.9. The Balaban J connectivity index is 1.72. The molecule has 0 spiro atoms. The van der Waals surface area contributed by atoms with E-state index in [0.717, 1.165) is 16.9 Å². The third-order valence-corrected chi connectivity index (χ3v) is 6.96. The van der Waals surface area contributed by atoms with Gasteiger partial charge in [-0.3, -0.25) is 4.90 Å². The quantitative estimate of drug-likeness (QED) is 0.791. The zero-order valence-corrected chi connectivity index (χ0v) is 16.3. The lowest BCUT2D eigenvalue weighted by atomic mass is 10.1. The molecular weight excluding hydrogens is 362 g/mol. The predicted molar refractivity (Wildman–Crippen MR) is 103 cm³/mol. The van der Waals surface area contributed by atoms with Crippen LogP contribution in [0.5, 0.6) is 5.75 Å². The molecule has 27 heavy (non-hydrogen) atoms. The van der Waals surface area contributed by atoms with E-state index in [0.29, 0.717) is 31.1 Å². The molecule has 2 aromatic rings. The van der Waals surface area contributed by atoms with Crippen LogP contribution in [0.3, 0.4) is 0 Å². The fourth-order valence-electron chi connectivity index (χ4n) is 3.34. The number of hydrogen-bond acceptors (Lipinski definition) is 5. The van der Waals surface area contributed by atoms with Crippen LogP contribution in [0.15, 0.2) is 53.4 Å². The molecule has 0 aromatic heterocycles. The van der Waals surface area contributed by atoms with Crippen molar-refractivity contribution in [2.24, 2.45) is 0 Å². The Morgan fingerprint density at radius 3 is 2.22 bits per heavy atom. The summed E-state index contributed by atoms with van der Waals surface area (Å²) < 4.78 is 32.5. The number of methoxy groups -OCH3 is 1. The van der Waals surface area contributed by atoms with E-state index < -0.39 is 16.1 Å². The molecule has 0 aliphatic carbocycles. The van der Waals surface area contributed by atoms with Crippen LogP contribution in [0.25, 0.3) is 0 Å². The SMILES string of the molecule is COc1ccc(C(C#N)N2CCN(S(=O)(=O)c3ccccc3C)CC2)cc1. The standard InChI is InChI=1S/C20H23N3O3S/c1-16-5-3-4-6-20(16)27(24,25)23-13-11-22(12-14-23)19(15-21)17-7-9-18(26-2)10-8-17/h3-10,19H,11-14H2,1-2H3. The van der Waals surface area contributed by atoms with E-state index in [2.05, 4.69) is 6.07 Å². The first-order chi connectivity index (χ1) is 13.0. The van der Waals surface area contributed by atoms with Crippen molar-refractivity contribution in [3.63, 3.8) is 0 Å². The monoisotopic (exact) mass is 385 g/mol. The van der Waals surface area contributed by atoms with E-state index in [1.54, 1.807) is 32.2 Å². The zero-order chi connectivity index (χ0) is 19.4. The highest BCUT2D eigenvalue weighted by atomic mass is 32.2. The second kappa shape index (κ2) is 8.09. The number of nitriles is 1. The second-order valence-electron chi connectivity index (χ2n) is 6.51. The number of rotatable bonds is 5. The number of nitrogens with zero attached hydrogens (tertiary/aromatic N) is 3. The predicted octanol–water partition coefficient (Wildman–Crippen LogP) is 2.57. The van der Waals surface area contributed by atoms with Gasteiger partial charge < -0.3 is 4.74 Å². The number of sulfonamides is 1. The minimum Gasteiger partial charge on any atom is -0.497 e. The molecule has 6 nitrogen and oxygen atoms in total. The van der Waals surface area contributed by atoms with Gasteiger partial charge >= 0.3 is 0 Å². The maximum atomic E-state index is 12.9. The number of piperazine rings is 1. The molecule has 2 aromatic carbocycles. The topological polar surface area (TPSA) is 73.6 Å². The normalized spacial score (nSPS) is 17.2. The van der Waals surface area contributed by atoms with Crippen molar-refractivity contribution in [2.75, 3.05) is 33.3 Å². The van der Waals surface area contributed by atoms with Crippen LogP contribution in [-0.4, -0.2) is 50.9 Å². The van der Waals surface area contributed by atoms with Crippen LogP contribution in [0, 0.1) is 18.3 Å². The summed E-state index contributed by atoms with van der Waals surface area (Å²) in [5, 5.41) is 9.64. The first-order valence-electron chi connectivity index (χ1n) is 8.81. The van der Waals surface area contributed by atoms with Gasteiger partial charge in [0, 0.05) is 26.2 Å². The van der Waals surface area contributed by atoms with Crippen molar-refractivity contribution in [2.45, 2.75) is 17.9 Å². The Labute approximate surface area is 160 Å². The van der Waals surface area contributed by atoms with Gasteiger partial charge in [0.05, 0.1) is 18.1 Å². The first-order valence-corrected chi connectivity index (χ1v) is 10.2. The van der Waals surface area contributed by atoms with Gasteiger partial charge in [-0.15, -0.1) is 0 Å². The van der Waals surface area contributed by atoms with Crippen LogP contribution >= 0.6 is 0 Å². The van der Waals surface area contributed by atoms with Crippen molar-refractivity contribution >= 4 is 10.0 Å². The van der Waals surface area contributed by atoms with Crippen LogP contribution < -0.4 is 4.74 Å². The fourth-order valence-corrected chi connectivity index (χ4v) is 4.99. The molecule has 142 valence electrons. The van der Waals surface area contributed by atoms with Gasteiger partial charge in [-0.2, -0.15) is 9.57 Å². The van der Waals surface area contributed by atoms with Crippen molar-refractivity contribution in [3.8, 4) is 11.8 Å². The highest BCUT2D eigenvalue weighted by molar-refractivity contribution is 7.89. The third-order valence-electron chi connectivity index (χ3n) is 4.90. The molecule has 1 aliphatic rings. The Kier molecular flexibility index (Phi) is 5.80. The number of hydrogen-bond donors (Lipinski definition) is 0. The summed E-state index contributed by atoms with van der Waals surface area (Å²) in [4.78, 5) is 2.37. The van der Waals surface area contributed by atoms with Crippen molar-refractivity contribution < 1.29 is 13.2 Å². The fraction of sp³-hybridized carbons (Fsp3) is 0.350. The Hall–Kier alpha value is -2.40. The summed E-state index contributed by atoms with van der Waals surface area (Å²) in [5.74, 6) is 0.740. The van der Waals surface area contributed by atoms with Crippen LogP contribution in [0.4, 0.5) is 0 Å². The first kappa shape index (κ1) is 19.4. The minimum absolute atomic E-state index is 0.352. The highest BCUT2D eigenvalue weighted by Gasteiger charge is 2.32. The lowest BCUT2D eigenvalue weighted by Crippen LogP contribution is -2.49. The Morgan fingerprint density at radius 1 is 1.04 bits per heavy atom. The van der Waals surface area contributed by atoms with Gasteiger partial charge in [-0.25, -0.2) is 8.42 Å². The molecule has 0 N–H and O–H groups in total. The molecule has 1 saturated heterocycles. The van der Waals surface area contributed by atoms with Crippen LogP contribution in [0.1, 0.15) is 17.2 Å². The van der Waals surface area contributed by atoms with Gasteiger partial charge in [0.25, 0.3) is 0 Å². The molecule has 0 saturated carbocycles. The van der Waals surface area contributed by atoms with Gasteiger partial charge in [-0.05, 0) is 36.2 Å². The van der Waals surface area contributed by atoms with E-state index >= 15 is 0 Å². The molecular formula is C20H23N3O3S. The summed E-state index contributed by atoms with van der Waals surface area (Å²) in [7, 11) is -1.91. The van der Waals surface area contributed by atoms with Crippen LogP contribution in [-0.2, 0) is 10.0 Å². The molecule has 0 bridgehead atoms. The third kappa shape index (κ3) is 3.98. The second-order valence-corrected chi connectivity index (χ2v) is 8.42. The smallest absolute Gasteiger partial charge is 0.243 e. The van der Waals surface area contributed by atoms with Crippen molar-refractivity contribution in [1.29, 1.82) is 5.26 Å². The van der Waals surface area contributed by atoms with Gasteiger partial charge in [-0.1, -0.05) is 30.3 Å². The molecule has 1 fully saturated rings. The van der Waals surface area contributed by atoms with E-state index in [9.17, 15) is 13.7 Å². The summed E-state index contributed by atoms with van der Waals surface area (Å²) in [5.41, 5.74) is 1.63. The van der Waals surface area contributed by atoms with E-state index in [1.165, 1.54) is 4.31 Å². The summed E-state index contributed by atoms with van der Waals surface area (Å²) >= 11 is 0. The highest BCUT2D eigenvalue weighted by Crippen LogP contribution is 2.26. The number of benzene rings is 2. The zero-order valence-electron chi connectivity index (χ0n) is 15.5. The largest absolute Gasteiger partial charge is 0.497 e. The molecule has 1 heterocycles. The number of ether oxygens (including phenoxy) is 1. The minimum atomic E-state index is -3.51. The average Bonchev–Trinajstić information content (AvgIpc) is 2.70. The molecule has 3 rings (SSSR count). The Morgan fingerprint density at radius 2 is 1.67 bits per heavy atom. The average molecular weight is 385 g/mol. The summed E-state index contributed by atoms with van der Waals surface area (Å²) in [6.07, 6.45) is 0. The molecule has 0 radical (unpaired) electrons. The molecule has 7 heteroatoms.